The van der Waals surface area contributed by atoms with E-state index in [1.165, 1.54) is 54.3 Å². The molecular weight excluding hydrogens is 451 g/mol. The second kappa shape index (κ2) is 9.89. The van der Waals surface area contributed by atoms with Gasteiger partial charge in [-0.3, -0.25) is 19.2 Å². The molecule has 0 aromatic heterocycles. The number of rotatable bonds is 6. The molecule has 1 aliphatic rings. The number of halogens is 1. The summed E-state index contributed by atoms with van der Waals surface area (Å²) in [4.78, 5) is 53.1. The van der Waals surface area contributed by atoms with E-state index in [-0.39, 0.29) is 30.0 Å². The summed E-state index contributed by atoms with van der Waals surface area (Å²) in [6, 6.07) is 17.7. The number of benzene rings is 3. The number of carbonyl (C=O) groups is 4. The monoisotopic (exact) mass is 474 g/mol. The first-order valence-electron chi connectivity index (χ1n) is 11.0. The van der Waals surface area contributed by atoms with Crippen LogP contribution in [0.15, 0.2) is 72.8 Å². The van der Waals surface area contributed by atoms with Crippen molar-refractivity contribution in [3.8, 4) is 5.75 Å². The summed E-state index contributed by atoms with van der Waals surface area (Å²) in [5, 5.41) is 0. The number of nitrogens with zero attached hydrogens (tertiary/aromatic N) is 2. The van der Waals surface area contributed by atoms with Crippen LogP contribution in [0.1, 0.15) is 34.8 Å². The van der Waals surface area contributed by atoms with E-state index in [9.17, 15) is 23.6 Å². The van der Waals surface area contributed by atoms with Gasteiger partial charge in [0.2, 0.25) is 5.91 Å². The molecule has 0 N–H and O–H groups in total. The van der Waals surface area contributed by atoms with E-state index in [0.29, 0.717) is 0 Å². The van der Waals surface area contributed by atoms with Gasteiger partial charge in [0.25, 0.3) is 11.8 Å². The van der Waals surface area contributed by atoms with Gasteiger partial charge in [0.05, 0.1) is 17.7 Å². The Balaban J connectivity index is 1.66. The third kappa shape index (κ3) is 5.11. The third-order valence-corrected chi connectivity index (χ3v) is 5.69. The van der Waals surface area contributed by atoms with E-state index in [1.54, 1.807) is 6.07 Å². The first-order chi connectivity index (χ1) is 16.7. The molecule has 35 heavy (non-hydrogen) atoms. The third-order valence-electron chi connectivity index (χ3n) is 5.69. The highest BCUT2D eigenvalue weighted by Gasteiger charge is 2.44. The van der Waals surface area contributed by atoms with Gasteiger partial charge in [0.1, 0.15) is 17.6 Å². The summed E-state index contributed by atoms with van der Waals surface area (Å²) >= 11 is 0. The first-order valence-corrected chi connectivity index (χ1v) is 11.0. The molecule has 178 valence electrons. The predicted octanol–water partition coefficient (Wildman–Crippen LogP) is 4.03. The fourth-order valence-electron chi connectivity index (χ4n) is 3.96. The molecule has 1 atom stereocenters. The van der Waals surface area contributed by atoms with E-state index in [1.807, 2.05) is 31.2 Å². The molecule has 4 rings (SSSR count). The molecule has 1 saturated heterocycles. The van der Waals surface area contributed by atoms with E-state index in [4.69, 9.17) is 4.74 Å². The van der Waals surface area contributed by atoms with Gasteiger partial charge in [-0.1, -0.05) is 42.0 Å². The van der Waals surface area contributed by atoms with E-state index in [2.05, 4.69) is 0 Å². The lowest BCUT2D eigenvalue weighted by molar-refractivity contribution is -0.132. The smallest absolute Gasteiger partial charge is 0.308 e. The summed E-state index contributed by atoms with van der Waals surface area (Å²) < 4.78 is 19.5. The van der Waals surface area contributed by atoms with Crippen molar-refractivity contribution in [2.24, 2.45) is 0 Å². The Labute approximate surface area is 201 Å². The lowest BCUT2D eigenvalue weighted by atomic mass is 10.1. The quantitative estimate of drug-likeness (QED) is 0.306. The van der Waals surface area contributed by atoms with Gasteiger partial charge in [0, 0.05) is 13.5 Å². The molecule has 1 aliphatic heterocycles. The van der Waals surface area contributed by atoms with Crippen LogP contribution in [0.4, 0.5) is 10.1 Å². The number of anilines is 1. The van der Waals surface area contributed by atoms with Crippen LogP contribution in [0.2, 0.25) is 0 Å². The molecule has 1 unspecified atom stereocenters. The fourth-order valence-corrected chi connectivity index (χ4v) is 3.96. The maximum absolute atomic E-state index is 14.5. The summed E-state index contributed by atoms with van der Waals surface area (Å²) in [5.41, 5.74) is 1.87. The minimum atomic E-state index is -1.11. The molecule has 0 saturated carbocycles. The normalized spacial score (nSPS) is 15.3. The van der Waals surface area contributed by atoms with Crippen molar-refractivity contribution in [2.45, 2.75) is 32.9 Å². The van der Waals surface area contributed by atoms with Gasteiger partial charge in [-0.05, 0) is 48.9 Å². The Hall–Kier alpha value is -4.33. The zero-order chi connectivity index (χ0) is 25.1. The van der Waals surface area contributed by atoms with Crippen molar-refractivity contribution in [1.82, 2.24) is 4.90 Å². The Morgan fingerprint density at radius 3 is 2.29 bits per heavy atom. The van der Waals surface area contributed by atoms with Gasteiger partial charge < -0.3 is 9.64 Å². The zero-order valence-corrected chi connectivity index (χ0v) is 19.2. The minimum absolute atomic E-state index is 0.0242. The number of ether oxygens (including phenoxy) is 1. The number of imide groups is 1. The van der Waals surface area contributed by atoms with Gasteiger partial charge in [-0.25, -0.2) is 9.29 Å². The van der Waals surface area contributed by atoms with Crippen LogP contribution in [-0.4, -0.2) is 34.6 Å². The predicted molar refractivity (Wildman–Crippen MR) is 126 cm³/mol. The molecule has 1 heterocycles. The first kappa shape index (κ1) is 23.8. The van der Waals surface area contributed by atoms with Gasteiger partial charge in [-0.15, -0.1) is 0 Å². The van der Waals surface area contributed by atoms with Crippen LogP contribution < -0.4 is 9.64 Å². The Kier molecular flexibility index (Phi) is 6.73. The van der Waals surface area contributed by atoms with Gasteiger partial charge in [-0.2, -0.15) is 0 Å². The van der Waals surface area contributed by atoms with E-state index < -0.39 is 35.5 Å². The molecule has 1 fully saturated rings. The molecule has 0 aliphatic carbocycles. The number of aryl methyl sites for hydroxylation is 1. The van der Waals surface area contributed by atoms with E-state index >= 15 is 0 Å². The SMILES string of the molecule is CC(=O)Oc1ccc(N2C(=O)CC(N(Cc3ccc(C)cc3)C(=O)c3ccccc3F)C2=O)cc1. The highest BCUT2D eigenvalue weighted by molar-refractivity contribution is 6.23. The molecule has 3 aromatic carbocycles. The number of amides is 3. The lowest BCUT2D eigenvalue weighted by Gasteiger charge is -2.28. The highest BCUT2D eigenvalue weighted by Crippen LogP contribution is 2.29. The maximum atomic E-state index is 14.5. The molecule has 3 aromatic rings. The lowest BCUT2D eigenvalue weighted by Crippen LogP contribution is -2.45. The number of esters is 1. The molecule has 0 radical (unpaired) electrons. The molecule has 3 amide bonds. The summed E-state index contributed by atoms with van der Waals surface area (Å²) in [5.74, 6) is -2.69. The van der Waals surface area contributed by atoms with Crippen molar-refractivity contribution in [3.63, 3.8) is 0 Å². The van der Waals surface area contributed by atoms with Gasteiger partial charge >= 0.3 is 5.97 Å². The number of hydrogen-bond acceptors (Lipinski definition) is 5. The largest absolute Gasteiger partial charge is 0.427 e. The van der Waals surface area contributed by atoms with Gasteiger partial charge in [0.15, 0.2) is 0 Å². The fraction of sp³-hybridized carbons (Fsp3) is 0.185. The summed E-state index contributed by atoms with van der Waals surface area (Å²) in [6.07, 6.45) is -0.239. The topological polar surface area (TPSA) is 84.0 Å². The average molecular weight is 474 g/mol. The minimum Gasteiger partial charge on any atom is -0.427 e. The standard InChI is InChI=1S/C27H23FN2O5/c1-17-7-9-19(10-8-17)16-29(26(33)22-5-3-4-6-23(22)28)24-15-25(32)30(27(24)34)20-11-13-21(14-12-20)35-18(2)31/h3-14,24H,15-16H2,1-2H3. The van der Waals surface area contributed by atoms with Crippen molar-refractivity contribution in [1.29, 1.82) is 0 Å². The number of hydrogen-bond donors (Lipinski definition) is 0. The Morgan fingerprint density at radius 1 is 1.00 bits per heavy atom. The van der Waals surface area contributed by atoms with Crippen molar-refractivity contribution < 1.29 is 28.3 Å². The maximum Gasteiger partial charge on any atom is 0.308 e. The van der Waals surface area contributed by atoms with Crippen LogP contribution in [0.3, 0.4) is 0 Å². The molecular formula is C27H23FN2O5. The average Bonchev–Trinajstić information content (AvgIpc) is 3.12. The number of carbonyl (C=O) groups excluding carboxylic acids is 4. The highest BCUT2D eigenvalue weighted by atomic mass is 19.1. The molecule has 7 nitrogen and oxygen atoms in total. The van der Waals surface area contributed by atoms with Crippen LogP contribution >= 0.6 is 0 Å². The van der Waals surface area contributed by atoms with Crippen molar-refractivity contribution >= 4 is 29.4 Å². The zero-order valence-electron chi connectivity index (χ0n) is 19.2. The Bertz CT molecular complexity index is 1290. The van der Waals surface area contributed by atoms with Crippen LogP contribution in [0, 0.1) is 12.7 Å². The van der Waals surface area contributed by atoms with E-state index in [0.717, 1.165) is 16.0 Å². The second-order valence-electron chi connectivity index (χ2n) is 8.27. The van der Waals surface area contributed by atoms with Crippen molar-refractivity contribution in [2.75, 3.05) is 4.90 Å². The van der Waals surface area contributed by atoms with Crippen LogP contribution in [0.25, 0.3) is 0 Å². The van der Waals surface area contributed by atoms with Crippen LogP contribution in [0.5, 0.6) is 5.75 Å². The van der Waals surface area contributed by atoms with Crippen LogP contribution in [-0.2, 0) is 20.9 Å². The Morgan fingerprint density at radius 2 is 1.66 bits per heavy atom. The summed E-state index contributed by atoms with van der Waals surface area (Å²) in [7, 11) is 0. The molecule has 8 heteroatoms. The second-order valence-corrected chi connectivity index (χ2v) is 8.27. The molecule has 0 bridgehead atoms. The van der Waals surface area contributed by atoms with Crippen molar-refractivity contribution in [3.05, 3.63) is 95.3 Å². The molecule has 0 spiro atoms. The summed E-state index contributed by atoms with van der Waals surface area (Å²) in [6.45, 7) is 3.22.